The van der Waals surface area contributed by atoms with E-state index in [2.05, 4.69) is 19.2 Å². The summed E-state index contributed by atoms with van der Waals surface area (Å²) in [5.74, 6) is 0.728. The van der Waals surface area contributed by atoms with E-state index in [-0.39, 0.29) is 0 Å². The van der Waals surface area contributed by atoms with Crippen LogP contribution in [0.25, 0.3) is 0 Å². The van der Waals surface area contributed by atoms with Gasteiger partial charge in [0.1, 0.15) is 0 Å². The lowest BCUT2D eigenvalue weighted by Crippen LogP contribution is -2.33. The van der Waals surface area contributed by atoms with Gasteiger partial charge in [-0.15, -0.1) is 0 Å². The smallest absolute Gasteiger partial charge is 0.0700 e. The molecule has 0 spiro atoms. The first kappa shape index (κ1) is 14.9. The van der Waals surface area contributed by atoms with Crippen LogP contribution in [0.1, 0.15) is 33.1 Å². The van der Waals surface area contributed by atoms with Gasteiger partial charge in [-0.1, -0.05) is 20.3 Å². The highest BCUT2D eigenvalue weighted by Crippen LogP contribution is 2.13. The van der Waals surface area contributed by atoms with Crippen LogP contribution in [0.5, 0.6) is 0 Å². The topological polar surface area (TPSA) is 30.5 Å². The number of rotatable bonds is 10. The van der Waals surface area contributed by atoms with Crippen LogP contribution in [0.2, 0.25) is 0 Å². The lowest BCUT2D eigenvalue weighted by molar-refractivity contribution is 0.0634. The molecule has 0 rings (SSSR count). The molecule has 0 saturated heterocycles. The maximum absolute atomic E-state index is 5.47. The van der Waals surface area contributed by atoms with E-state index in [1.54, 1.807) is 7.11 Å². The van der Waals surface area contributed by atoms with Crippen molar-refractivity contribution < 1.29 is 9.47 Å². The lowest BCUT2D eigenvalue weighted by Gasteiger charge is -2.23. The summed E-state index contributed by atoms with van der Waals surface area (Å²) in [7, 11) is 3.73. The van der Waals surface area contributed by atoms with Crippen molar-refractivity contribution in [3.63, 3.8) is 0 Å². The number of hydrogen-bond donors (Lipinski definition) is 1. The van der Waals surface area contributed by atoms with Crippen LogP contribution in [0, 0.1) is 5.92 Å². The summed E-state index contributed by atoms with van der Waals surface area (Å²) in [6.45, 7) is 6.75. The molecule has 0 radical (unpaired) electrons. The first-order valence-corrected chi connectivity index (χ1v) is 6.00. The first-order chi connectivity index (χ1) is 7.26. The summed E-state index contributed by atoms with van der Waals surface area (Å²) >= 11 is 0. The average Bonchev–Trinajstić information content (AvgIpc) is 2.23. The molecule has 0 aliphatic carbocycles. The third-order valence-electron chi connectivity index (χ3n) is 2.81. The normalized spacial score (nSPS) is 15.2. The minimum absolute atomic E-state index is 0.576. The summed E-state index contributed by atoms with van der Waals surface area (Å²) in [6.07, 6.45) is 3.62. The number of methoxy groups -OCH3 is 1. The summed E-state index contributed by atoms with van der Waals surface area (Å²) in [5.41, 5.74) is 0. The van der Waals surface area contributed by atoms with Gasteiger partial charge in [0.15, 0.2) is 0 Å². The number of hydrogen-bond acceptors (Lipinski definition) is 3. The molecule has 92 valence electrons. The largest absolute Gasteiger partial charge is 0.382 e. The second-order valence-electron chi connectivity index (χ2n) is 4.05. The van der Waals surface area contributed by atoms with E-state index in [1.807, 2.05) is 7.05 Å². The van der Waals surface area contributed by atoms with Gasteiger partial charge in [-0.2, -0.15) is 0 Å². The van der Waals surface area contributed by atoms with Crippen molar-refractivity contribution in [2.24, 2.45) is 5.92 Å². The highest BCUT2D eigenvalue weighted by atomic mass is 16.5. The van der Waals surface area contributed by atoms with Crippen LogP contribution in [0.4, 0.5) is 0 Å². The molecule has 0 saturated carbocycles. The van der Waals surface area contributed by atoms with Crippen LogP contribution in [-0.4, -0.2) is 40.0 Å². The fourth-order valence-corrected chi connectivity index (χ4v) is 1.82. The minimum atomic E-state index is 0.576. The van der Waals surface area contributed by atoms with E-state index in [1.165, 1.54) is 12.8 Å². The molecule has 0 aromatic heterocycles. The van der Waals surface area contributed by atoms with Gasteiger partial charge in [0.05, 0.1) is 13.2 Å². The van der Waals surface area contributed by atoms with E-state index in [0.717, 1.165) is 18.9 Å². The fraction of sp³-hybridized carbons (Fsp3) is 1.00. The van der Waals surface area contributed by atoms with Gasteiger partial charge in [-0.3, -0.25) is 0 Å². The maximum Gasteiger partial charge on any atom is 0.0700 e. The quantitative estimate of drug-likeness (QED) is 0.568. The molecular formula is C12H27NO2. The predicted molar refractivity (Wildman–Crippen MR) is 64.2 cm³/mol. The van der Waals surface area contributed by atoms with E-state index >= 15 is 0 Å². The molecule has 0 heterocycles. The van der Waals surface area contributed by atoms with Crippen LogP contribution >= 0.6 is 0 Å². The Bertz CT molecular complexity index is 131. The van der Waals surface area contributed by atoms with Crippen LogP contribution in [0.15, 0.2) is 0 Å². The molecule has 15 heavy (non-hydrogen) atoms. The van der Waals surface area contributed by atoms with Crippen LogP contribution in [0.3, 0.4) is 0 Å². The Morgan fingerprint density at radius 3 is 2.40 bits per heavy atom. The van der Waals surface area contributed by atoms with E-state index < -0.39 is 0 Å². The van der Waals surface area contributed by atoms with Crippen molar-refractivity contribution in [1.82, 2.24) is 5.32 Å². The Hall–Kier alpha value is -0.120. The van der Waals surface area contributed by atoms with Crippen molar-refractivity contribution in [2.75, 3.05) is 34.0 Å². The van der Waals surface area contributed by atoms with Gasteiger partial charge in [0.2, 0.25) is 0 Å². The SMILES string of the molecule is CCCC(C)C(CCOCCOC)NC. The third kappa shape index (κ3) is 7.77. The summed E-state index contributed by atoms with van der Waals surface area (Å²) in [6, 6.07) is 0.576. The predicted octanol–water partition coefficient (Wildman–Crippen LogP) is 2.06. The van der Waals surface area contributed by atoms with Gasteiger partial charge in [-0.25, -0.2) is 0 Å². The van der Waals surface area contributed by atoms with Crippen molar-refractivity contribution in [3.05, 3.63) is 0 Å². The van der Waals surface area contributed by atoms with Gasteiger partial charge in [0.25, 0.3) is 0 Å². The van der Waals surface area contributed by atoms with Crippen molar-refractivity contribution in [2.45, 2.75) is 39.2 Å². The number of ether oxygens (including phenoxy) is 2. The van der Waals surface area contributed by atoms with Crippen molar-refractivity contribution >= 4 is 0 Å². The average molecular weight is 217 g/mol. The van der Waals surface area contributed by atoms with Gasteiger partial charge < -0.3 is 14.8 Å². The molecular weight excluding hydrogens is 190 g/mol. The molecule has 0 amide bonds. The molecule has 3 heteroatoms. The Kier molecular flexibility index (Phi) is 10.3. The molecule has 0 aliphatic heterocycles. The molecule has 0 fully saturated rings. The highest BCUT2D eigenvalue weighted by molar-refractivity contribution is 4.71. The molecule has 0 aromatic carbocycles. The Balaban J connectivity index is 3.51. The van der Waals surface area contributed by atoms with Gasteiger partial charge in [-0.05, 0) is 25.8 Å². The first-order valence-electron chi connectivity index (χ1n) is 6.00. The summed E-state index contributed by atoms with van der Waals surface area (Å²) < 4.78 is 10.4. The van der Waals surface area contributed by atoms with Gasteiger partial charge in [0, 0.05) is 19.8 Å². The zero-order valence-electron chi connectivity index (χ0n) is 10.7. The van der Waals surface area contributed by atoms with Gasteiger partial charge >= 0.3 is 0 Å². The van der Waals surface area contributed by atoms with Crippen molar-refractivity contribution in [1.29, 1.82) is 0 Å². The zero-order chi connectivity index (χ0) is 11.5. The van der Waals surface area contributed by atoms with E-state index in [4.69, 9.17) is 9.47 Å². The monoisotopic (exact) mass is 217 g/mol. The van der Waals surface area contributed by atoms with Crippen LogP contribution in [-0.2, 0) is 9.47 Å². The zero-order valence-corrected chi connectivity index (χ0v) is 10.7. The third-order valence-corrected chi connectivity index (χ3v) is 2.81. The molecule has 3 nitrogen and oxygen atoms in total. The van der Waals surface area contributed by atoms with Crippen LogP contribution < -0.4 is 5.32 Å². The number of nitrogens with one attached hydrogen (secondary N) is 1. The van der Waals surface area contributed by atoms with E-state index in [9.17, 15) is 0 Å². The van der Waals surface area contributed by atoms with E-state index in [0.29, 0.717) is 19.3 Å². The Labute approximate surface area is 94.5 Å². The summed E-state index contributed by atoms with van der Waals surface area (Å²) in [5, 5.41) is 3.37. The second kappa shape index (κ2) is 10.4. The highest BCUT2D eigenvalue weighted by Gasteiger charge is 2.13. The Morgan fingerprint density at radius 2 is 1.87 bits per heavy atom. The Morgan fingerprint density at radius 1 is 1.13 bits per heavy atom. The molecule has 1 N–H and O–H groups in total. The second-order valence-corrected chi connectivity index (χ2v) is 4.05. The summed E-state index contributed by atoms with van der Waals surface area (Å²) in [4.78, 5) is 0. The molecule has 2 unspecified atom stereocenters. The standard InChI is InChI=1S/C12H27NO2/c1-5-6-11(2)12(13-3)7-8-15-10-9-14-4/h11-13H,5-10H2,1-4H3. The van der Waals surface area contributed by atoms with Crippen molar-refractivity contribution in [3.8, 4) is 0 Å². The molecule has 0 aromatic rings. The molecule has 0 aliphatic rings. The fourth-order valence-electron chi connectivity index (χ4n) is 1.82. The molecule has 2 atom stereocenters. The maximum atomic E-state index is 5.47. The molecule has 0 bridgehead atoms. The minimum Gasteiger partial charge on any atom is -0.382 e. The lowest BCUT2D eigenvalue weighted by atomic mass is 9.95.